The molecule has 0 bridgehead atoms. The van der Waals surface area contributed by atoms with Gasteiger partial charge in [0.2, 0.25) is 0 Å². The Hall–Kier alpha value is -1.68. The quantitative estimate of drug-likeness (QED) is 0.856. The van der Waals surface area contributed by atoms with Gasteiger partial charge in [-0.05, 0) is 30.7 Å². The van der Waals surface area contributed by atoms with Crippen LogP contribution in [0.4, 0.5) is 4.39 Å². The Balaban J connectivity index is 2.25. The lowest BCUT2D eigenvalue weighted by Crippen LogP contribution is -2.06. The summed E-state index contributed by atoms with van der Waals surface area (Å²) in [4.78, 5) is 0. The van der Waals surface area contributed by atoms with Crippen molar-refractivity contribution in [2.24, 2.45) is 5.73 Å². The molecule has 0 unspecified atom stereocenters. The van der Waals surface area contributed by atoms with Crippen molar-refractivity contribution in [1.29, 1.82) is 0 Å². The largest absolute Gasteiger partial charge is 0.326 e. The van der Waals surface area contributed by atoms with Crippen LogP contribution in [0.5, 0.6) is 0 Å². The summed E-state index contributed by atoms with van der Waals surface area (Å²) >= 11 is 0. The average Bonchev–Trinajstić information content (AvgIpc) is 2.67. The number of nitrogens with two attached hydrogens (primary N) is 1. The highest BCUT2D eigenvalue weighted by molar-refractivity contribution is 5.25. The van der Waals surface area contributed by atoms with Crippen LogP contribution in [0.25, 0.3) is 0 Å². The molecular formula is C12H14FN3. The number of aromatic nitrogens is 2. The molecule has 0 saturated heterocycles. The summed E-state index contributed by atoms with van der Waals surface area (Å²) in [5, 5.41) is 4.18. The Bertz CT molecular complexity index is 491. The summed E-state index contributed by atoms with van der Waals surface area (Å²) in [6, 6.07) is 6.94. The van der Waals surface area contributed by atoms with Crippen LogP contribution in [0.2, 0.25) is 0 Å². The van der Waals surface area contributed by atoms with E-state index in [9.17, 15) is 4.39 Å². The average molecular weight is 219 g/mol. The molecule has 0 fully saturated rings. The Morgan fingerprint density at radius 1 is 1.38 bits per heavy atom. The number of hydrogen-bond donors (Lipinski definition) is 1. The van der Waals surface area contributed by atoms with Crippen LogP contribution in [-0.4, -0.2) is 9.78 Å². The van der Waals surface area contributed by atoms with Gasteiger partial charge >= 0.3 is 0 Å². The first-order valence-electron chi connectivity index (χ1n) is 5.16. The van der Waals surface area contributed by atoms with Crippen molar-refractivity contribution >= 4 is 0 Å². The molecule has 0 aliphatic heterocycles. The van der Waals surface area contributed by atoms with Gasteiger partial charge < -0.3 is 5.73 Å². The van der Waals surface area contributed by atoms with E-state index >= 15 is 0 Å². The monoisotopic (exact) mass is 219 g/mol. The minimum atomic E-state index is -0.247. The normalized spacial score (nSPS) is 10.7. The van der Waals surface area contributed by atoms with Crippen LogP contribution in [0.15, 0.2) is 30.5 Å². The molecule has 0 aliphatic rings. The lowest BCUT2D eigenvalue weighted by molar-refractivity contribution is 0.606. The standard InChI is InChI=1S/C12H14FN3/c1-9-4-5-15-16(9)8-10-2-3-12(13)11(6-10)7-14/h2-6H,7-8,14H2,1H3. The third kappa shape index (κ3) is 2.12. The third-order valence-electron chi connectivity index (χ3n) is 2.59. The van der Waals surface area contributed by atoms with Gasteiger partial charge in [0, 0.05) is 24.0 Å². The minimum absolute atomic E-state index is 0.220. The van der Waals surface area contributed by atoms with Gasteiger partial charge in [-0.1, -0.05) is 6.07 Å². The van der Waals surface area contributed by atoms with Crippen LogP contribution in [0, 0.1) is 12.7 Å². The van der Waals surface area contributed by atoms with Crippen molar-refractivity contribution in [3.05, 3.63) is 53.1 Å². The zero-order valence-corrected chi connectivity index (χ0v) is 9.15. The van der Waals surface area contributed by atoms with Crippen molar-refractivity contribution in [1.82, 2.24) is 9.78 Å². The predicted octanol–water partition coefficient (Wildman–Crippen LogP) is 1.84. The molecule has 2 aromatic rings. The fraction of sp³-hybridized carbons (Fsp3) is 0.250. The molecule has 0 spiro atoms. The lowest BCUT2D eigenvalue weighted by atomic mass is 10.1. The molecule has 3 nitrogen and oxygen atoms in total. The van der Waals surface area contributed by atoms with E-state index in [0.29, 0.717) is 12.1 Å². The Kier molecular flexibility index (Phi) is 3.01. The van der Waals surface area contributed by atoms with Gasteiger partial charge in [-0.2, -0.15) is 5.10 Å². The van der Waals surface area contributed by atoms with Gasteiger partial charge in [0.05, 0.1) is 6.54 Å². The molecule has 4 heteroatoms. The van der Waals surface area contributed by atoms with E-state index in [1.54, 1.807) is 18.3 Å². The van der Waals surface area contributed by atoms with Crippen molar-refractivity contribution in [3.63, 3.8) is 0 Å². The highest BCUT2D eigenvalue weighted by atomic mass is 19.1. The number of halogens is 1. The first-order chi connectivity index (χ1) is 7.70. The van der Waals surface area contributed by atoms with E-state index in [2.05, 4.69) is 5.10 Å². The SMILES string of the molecule is Cc1ccnn1Cc1ccc(F)c(CN)c1. The van der Waals surface area contributed by atoms with Crippen LogP contribution >= 0.6 is 0 Å². The van der Waals surface area contributed by atoms with Crippen molar-refractivity contribution in [2.45, 2.75) is 20.0 Å². The van der Waals surface area contributed by atoms with E-state index in [1.807, 2.05) is 17.7 Å². The molecule has 0 saturated carbocycles. The highest BCUT2D eigenvalue weighted by Gasteiger charge is 2.03. The summed E-state index contributed by atoms with van der Waals surface area (Å²) in [5.74, 6) is -0.247. The molecule has 0 atom stereocenters. The van der Waals surface area contributed by atoms with Crippen molar-refractivity contribution < 1.29 is 4.39 Å². The smallest absolute Gasteiger partial charge is 0.127 e. The van der Waals surface area contributed by atoms with Gasteiger partial charge in [0.15, 0.2) is 0 Å². The Morgan fingerprint density at radius 3 is 2.81 bits per heavy atom. The summed E-state index contributed by atoms with van der Waals surface area (Å²) < 4.78 is 15.1. The van der Waals surface area contributed by atoms with Gasteiger partial charge in [0.1, 0.15) is 5.82 Å². The molecule has 84 valence electrons. The van der Waals surface area contributed by atoms with Gasteiger partial charge in [-0.25, -0.2) is 4.39 Å². The molecular weight excluding hydrogens is 205 g/mol. The molecule has 1 aromatic carbocycles. The number of nitrogens with zero attached hydrogens (tertiary/aromatic N) is 2. The lowest BCUT2D eigenvalue weighted by Gasteiger charge is -2.07. The summed E-state index contributed by atoms with van der Waals surface area (Å²) in [5.41, 5.74) is 8.09. The number of aryl methyl sites for hydroxylation is 1. The van der Waals surface area contributed by atoms with Crippen LogP contribution in [0.1, 0.15) is 16.8 Å². The van der Waals surface area contributed by atoms with E-state index in [-0.39, 0.29) is 12.4 Å². The fourth-order valence-corrected chi connectivity index (χ4v) is 1.62. The molecule has 2 N–H and O–H groups in total. The molecule has 0 amide bonds. The molecule has 16 heavy (non-hydrogen) atoms. The maximum absolute atomic E-state index is 13.2. The zero-order chi connectivity index (χ0) is 11.5. The maximum atomic E-state index is 13.2. The van der Waals surface area contributed by atoms with Gasteiger partial charge in [0.25, 0.3) is 0 Å². The van der Waals surface area contributed by atoms with Gasteiger partial charge in [-0.15, -0.1) is 0 Å². The second-order valence-corrected chi connectivity index (χ2v) is 3.76. The molecule has 1 aromatic heterocycles. The van der Waals surface area contributed by atoms with Crippen LogP contribution in [0.3, 0.4) is 0 Å². The summed E-state index contributed by atoms with van der Waals surface area (Å²) in [6.45, 7) is 2.85. The molecule has 0 radical (unpaired) electrons. The third-order valence-corrected chi connectivity index (χ3v) is 2.59. The van der Waals surface area contributed by atoms with Crippen LogP contribution in [-0.2, 0) is 13.1 Å². The highest BCUT2D eigenvalue weighted by Crippen LogP contribution is 2.11. The Labute approximate surface area is 93.7 Å². The van der Waals surface area contributed by atoms with E-state index in [4.69, 9.17) is 5.73 Å². The first kappa shape index (κ1) is 10.8. The molecule has 0 aliphatic carbocycles. The van der Waals surface area contributed by atoms with E-state index in [0.717, 1.165) is 11.3 Å². The van der Waals surface area contributed by atoms with E-state index in [1.165, 1.54) is 6.07 Å². The van der Waals surface area contributed by atoms with Crippen LogP contribution < -0.4 is 5.73 Å². The van der Waals surface area contributed by atoms with Crippen molar-refractivity contribution in [2.75, 3.05) is 0 Å². The maximum Gasteiger partial charge on any atom is 0.127 e. The number of benzene rings is 1. The first-order valence-corrected chi connectivity index (χ1v) is 5.16. The van der Waals surface area contributed by atoms with Gasteiger partial charge in [-0.3, -0.25) is 4.68 Å². The second-order valence-electron chi connectivity index (χ2n) is 3.76. The topological polar surface area (TPSA) is 43.8 Å². The minimum Gasteiger partial charge on any atom is -0.326 e. The second kappa shape index (κ2) is 4.45. The number of hydrogen-bond acceptors (Lipinski definition) is 2. The van der Waals surface area contributed by atoms with Crippen molar-refractivity contribution in [3.8, 4) is 0 Å². The fourth-order valence-electron chi connectivity index (χ4n) is 1.62. The number of rotatable bonds is 3. The molecule has 1 heterocycles. The zero-order valence-electron chi connectivity index (χ0n) is 9.15. The molecule has 2 rings (SSSR count). The summed E-state index contributed by atoms with van der Waals surface area (Å²) in [7, 11) is 0. The summed E-state index contributed by atoms with van der Waals surface area (Å²) in [6.07, 6.45) is 1.75. The van der Waals surface area contributed by atoms with E-state index < -0.39 is 0 Å². The Morgan fingerprint density at radius 2 is 2.19 bits per heavy atom. The predicted molar refractivity (Wildman–Crippen MR) is 60.4 cm³/mol.